The van der Waals surface area contributed by atoms with Crippen molar-refractivity contribution in [1.82, 2.24) is 10.3 Å². The summed E-state index contributed by atoms with van der Waals surface area (Å²) in [6.07, 6.45) is -2.42. The standard InChI is InChI=1S/C14H16F2N2S/c1-9-8-19-14(18-9)10(2)17-7-11-4-3-5-12(6-11)13(15)16/h3-6,8,10,13,17H,7H2,1-2H3. The summed E-state index contributed by atoms with van der Waals surface area (Å²) in [6.45, 7) is 4.54. The van der Waals surface area contributed by atoms with Crippen molar-refractivity contribution in [1.29, 1.82) is 0 Å². The van der Waals surface area contributed by atoms with Crippen LogP contribution in [-0.4, -0.2) is 4.98 Å². The largest absolute Gasteiger partial charge is 0.304 e. The number of thiazole rings is 1. The van der Waals surface area contributed by atoms with Crippen molar-refractivity contribution in [3.05, 3.63) is 51.5 Å². The topological polar surface area (TPSA) is 24.9 Å². The summed E-state index contributed by atoms with van der Waals surface area (Å²) in [5.41, 5.74) is 1.93. The van der Waals surface area contributed by atoms with Crippen LogP contribution in [0, 0.1) is 6.92 Å². The van der Waals surface area contributed by atoms with E-state index in [9.17, 15) is 8.78 Å². The minimum atomic E-state index is -2.42. The van der Waals surface area contributed by atoms with Gasteiger partial charge in [0.05, 0.1) is 6.04 Å². The number of aryl methyl sites for hydroxylation is 1. The molecular formula is C14H16F2N2S. The number of nitrogens with one attached hydrogen (secondary N) is 1. The Morgan fingerprint density at radius 2 is 2.16 bits per heavy atom. The van der Waals surface area contributed by atoms with Crippen LogP contribution in [0.25, 0.3) is 0 Å². The fourth-order valence-corrected chi connectivity index (χ4v) is 2.60. The van der Waals surface area contributed by atoms with Gasteiger partial charge in [-0.15, -0.1) is 11.3 Å². The zero-order valence-corrected chi connectivity index (χ0v) is 11.7. The molecule has 0 saturated carbocycles. The molecule has 0 aliphatic rings. The van der Waals surface area contributed by atoms with Gasteiger partial charge in [-0.05, 0) is 25.5 Å². The molecule has 102 valence electrons. The molecule has 2 nitrogen and oxygen atoms in total. The monoisotopic (exact) mass is 282 g/mol. The maximum atomic E-state index is 12.6. The predicted molar refractivity (Wildman–Crippen MR) is 73.5 cm³/mol. The molecule has 2 rings (SSSR count). The van der Waals surface area contributed by atoms with Crippen LogP contribution in [-0.2, 0) is 6.54 Å². The molecule has 1 N–H and O–H groups in total. The van der Waals surface area contributed by atoms with E-state index in [2.05, 4.69) is 10.3 Å². The van der Waals surface area contributed by atoms with Crippen molar-refractivity contribution < 1.29 is 8.78 Å². The zero-order chi connectivity index (χ0) is 13.8. The Labute approximate surface area is 115 Å². The highest BCUT2D eigenvalue weighted by molar-refractivity contribution is 7.09. The fourth-order valence-electron chi connectivity index (χ4n) is 1.77. The number of hydrogen-bond acceptors (Lipinski definition) is 3. The lowest BCUT2D eigenvalue weighted by molar-refractivity contribution is 0.151. The minimum absolute atomic E-state index is 0.0667. The van der Waals surface area contributed by atoms with Crippen LogP contribution in [0.2, 0.25) is 0 Å². The molecule has 0 bridgehead atoms. The number of alkyl halides is 2. The Morgan fingerprint density at radius 3 is 2.79 bits per heavy atom. The number of halogens is 2. The fraction of sp³-hybridized carbons (Fsp3) is 0.357. The van der Waals surface area contributed by atoms with Crippen LogP contribution in [0.15, 0.2) is 29.6 Å². The van der Waals surface area contributed by atoms with Gasteiger partial charge in [-0.3, -0.25) is 0 Å². The average molecular weight is 282 g/mol. The highest BCUT2D eigenvalue weighted by Crippen LogP contribution is 2.21. The average Bonchev–Trinajstić information content (AvgIpc) is 2.83. The molecule has 19 heavy (non-hydrogen) atoms. The molecule has 1 unspecified atom stereocenters. The van der Waals surface area contributed by atoms with Gasteiger partial charge in [0, 0.05) is 23.2 Å². The van der Waals surface area contributed by atoms with Crippen LogP contribution < -0.4 is 5.32 Å². The second kappa shape index (κ2) is 6.21. The number of rotatable bonds is 5. The second-order valence-corrected chi connectivity index (χ2v) is 5.37. The Kier molecular flexibility index (Phi) is 4.61. The van der Waals surface area contributed by atoms with E-state index < -0.39 is 6.43 Å². The van der Waals surface area contributed by atoms with Crippen LogP contribution >= 0.6 is 11.3 Å². The molecule has 0 fully saturated rings. The van der Waals surface area contributed by atoms with Gasteiger partial charge in [-0.1, -0.05) is 18.2 Å². The molecule has 0 aliphatic carbocycles. The van der Waals surface area contributed by atoms with E-state index in [0.29, 0.717) is 6.54 Å². The van der Waals surface area contributed by atoms with Crippen LogP contribution in [0.4, 0.5) is 8.78 Å². The summed E-state index contributed by atoms with van der Waals surface area (Å²) in [5.74, 6) is 0. The molecule has 1 aromatic heterocycles. The maximum Gasteiger partial charge on any atom is 0.263 e. The molecule has 1 atom stereocenters. The number of nitrogens with zero attached hydrogens (tertiary/aromatic N) is 1. The Bertz CT molecular complexity index is 540. The highest BCUT2D eigenvalue weighted by atomic mass is 32.1. The first-order valence-corrected chi connectivity index (χ1v) is 6.96. The molecule has 1 aromatic carbocycles. The first-order valence-electron chi connectivity index (χ1n) is 6.08. The van der Waals surface area contributed by atoms with Crippen molar-refractivity contribution in [3.63, 3.8) is 0 Å². The highest BCUT2D eigenvalue weighted by Gasteiger charge is 2.10. The lowest BCUT2D eigenvalue weighted by Crippen LogP contribution is -2.18. The van der Waals surface area contributed by atoms with E-state index >= 15 is 0 Å². The van der Waals surface area contributed by atoms with Crippen molar-refractivity contribution in [2.45, 2.75) is 32.9 Å². The van der Waals surface area contributed by atoms with E-state index in [1.807, 2.05) is 25.3 Å². The van der Waals surface area contributed by atoms with Gasteiger partial charge in [0.25, 0.3) is 6.43 Å². The molecule has 0 aliphatic heterocycles. The third-order valence-corrected chi connectivity index (χ3v) is 3.97. The minimum Gasteiger partial charge on any atom is -0.304 e. The Hall–Kier alpha value is -1.33. The van der Waals surface area contributed by atoms with E-state index in [-0.39, 0.29) is 11.6 Å². The number of hydrogen-bond donors (Lipinski definition) is 1. The molecule has 0 radical (unpaired) electrons. The summed E-state index contributed by atoms with van der Waals surface area (Å²) >= 11 is 1.61. The first-order chi connectivity index (χ1) is 9.06. The van der Waals surface area contributed by atoms with Crippen LogP contribution in [0.5, 0.6) is 0 Å². The van der Waals surface area contributed by atoms with Gasteiger partial charge in [-0.2, -0.15) is 0 Å². The van der Waals surface area contributed by atoms with Gasteiger partial charge in [0.1, 0.15) is 5.01 Å². The van der Waals surface area contributed by atoms with E-state index in [4.69, 9.17) is 0 Å². The number of benzene rings is 1. The summed E-state index contributed by atoms with van der Waals surface area (Å²) in [4.78, 5) is 4.40. The lowest BCUT2D eigenvalue weighted by Gasteiger charge is -2.11. The molecule has 5 heteroatoms. The molecule has 0 amide bonds. The van der Waals surface area contributed by atoms with Gasteiger partial charge in [-0.25, -0.2) is 13.8 Å². The number of aromatic nitrogens is 1. The molecule has 0 spiro atoms. The summed E-state index contributed by atoms with van der Waals surface area (Å²) in [7, 11) is 0. The van der Waals surface area contributed by atoms with Crippen molar-refractivity contribution in [2.24, 2.45) is 0 Å². The van der Waals surface area contributed by atoms with Crippen molar-refractivity contribution in [2.75, 3.05) is 0 Å². The summed E-state index contributed by atoms with van der Waals surface area (Å²) in [6, 6.07) is 6.61. The van der Waals surface area contributed by atoms with Crippen molar-refractivity contribution >= 4 is 11.3 Å². The zero-order valence-electron chi connectivity index (χ0n) is 10.9. The molecular weight excluding hydrogens is 266 g/mol. The van der Waals surface area contributed by atoms with E-state index in [1.54, 1.807) is 17.4 Å². The molecule has 0 saturated heterocycles. The summed E-state index contributed by atoms with van der Waals surface area (Å²) < 4.78 is 25.2. The predicted octanol–water partition coefficient (Wildman–Crippen LogP) is 4.24. The Morgan fingerprint density at radius 1 is 1.37 bits per heavy atom. The van der Waals surface area contributed by atoms with Gasteiger partial charge >= 0.3 is 0 Å². The third kappa shape index (κ3) is 3.81. The van der Waals surface area contributed by atoms with Gasteiger partial charge < -0.3 is 5.32 Å². The van der Waals surface area contributed by atoms with Crippen LogP contribution in [0.3, 0.4) is 0 Å². The summed E-state index contributed by atoms with van der Waals surface area (Å²) in [5, 5.41) is 6.32. The normalized spacial score (nSPS) is 12.9. The van der Waals surface area contributed by atoms with Gasteiger partial charge in [0.2, 0.25) is 0 Å². The Balaban J connectivity index is 1.96. The lowest BCUT2D eigenvalue weighted by atomic mass is 10.1. The maximum absolute atomic E-state index is 12.6. The SMILES string of the molecule is Cc1csc(C(C)NCc2cccc(C(F)F)c2)n1. The molecule has 1 heterocycles. The van der Waals surface area contributed by atoms with Crippen molar-refractivity contribution in [3.8, 4) is 0 Å². The van der Waals surface area contributed by atoms with Gasteiger partial charge in [0.15, 0.2) is 0 Å². The smallest absolute Gasteiger partial charge is 0.263 e. The van der Waals surface area contributed by atoms with E-state index in [1.165, 1.54) is 12.1 Å². The van der Waals surface area contributed by atoms with E-state index in [0.717, 1.165) is 16.3 Å². The third-order valence-electron chi connectivity index (χ3n) is 2.82. The quantitative estimate of drug-likeness (QED) is 0.887. The van der Waals surface area contributed by atoms with Crippen LogP contribution in [0.1, 0.15) is 41.2 Å². The molecule has 2 aromatic rings. The first kappa shape index (κ1) is 14.1. The second-order valence-electron chi connectivity index (χ2n) is 4.48.